The van der Waals surface area contributed by atoms with Crippen molar-refractivity contribution >= 4 is 39.9 Å². The van der Waals surface area contributed by atoms with Crippen molar-refractivity contribution in [1.82, 2.24) is 29.5 Å². The number of ether oxygens (including phenoxy) is 2. The summed E-state index contributed by atoms with van der Waals surface area (Å²) in [6, 6.07) is -0.628. The van der Waals surface area contributed by atoms with E-state index in [2.05, 4.69) is 20.2 Å². The smallest absolute Gasteiger partial charge is 0.350 e. The second-order valence-electron chi connectivity index (χ2n) is 6.60. The fraction of sp³-hybridized carbons (Fsp3) is 0.500. The van der Waals surface area contributed by atoms with Crippen LogP contribution in [0.3, 0.4) is 0 Å². The minimum atomic E-state index is -1.29. The van der Waals surface area contributed by atoms with E-state index in [0.29, 0.717) is 37.0 Å². The molecule has 2 atom stereocenters. The molecule has 4 heterocycles. The highest BCUT2D eigenvalue weighted by atomic mass is 35.5. The number of hydrogen-bond acceptors (Lipinski definition) is 8. The number of aryl methyl sites for hydroxylation is 1. The molecular weight excluding hydrogens is 444 g/mol. The van der Waals surface area contributed by atoms with E-state index in [1.165, 1.54) is 17.1 Å². The number of rotatable bonds is 7. The van der Waals surface area contributed by atoms with Crippen molar-refractivity contribution in [2.24, 2.45) is 0 Å². The Bertz CT molecular complexity index is 1080. The second-order valence-corrected chi connectivity index (χ2v) is 7.29. The fourth-order valence-electron chi connectivity index (χ4n) is 3.19. The zero-order valence-corrected chi connectivity index (χ0v) is 17.0. The maximum absolute atomic E-state index is 14.1. The molecule has 4 rings (SSSR count). The van der Waals surface area contributed by atoms with Gasteiger partial charge < -0.3 is 9.47 Å². The van der Waals surface area contributed by atoms with E-state index in [0.717, 1.165) is 0 Å². The zero-order valence-electron chi connectivity index (χ0n) is 15.4. The van der Waals surface area contributed by atoms with E-state index in [4.69, 9.17) is 32.7 Å². The van der Waals surface area contributed by atoms with E-state index < -0.39 is 17.1 Å². The summed E-state index contributed by atoms with van der Waals surface area (Å²) in [7, 11) is 0. The molecule has 160 valence electrons. The van der Waals surface area contributed by atoms with Gasteiger partial charge in [-0.05, 0) is 18.0 Å². The molecule has 14 heteroatoms. The van der Waals surface area contributed by atoms with E-state index in [-0.39, 0.29) is 35.2 Å². The zero-order chi connectivity index (χ0) is 21.3. The summed E-state index contributed by atoms with van der Waals surface area (Å²) in [4.78, 5) is 18.7. The van der Waals surface area contributed by atoms with Crippen LogP contribution >= 0.6 is 23.2 Å². The Kier molecular flexibility index (Phi) is 5.97. The van der Waals surface area contributed by atoms with Gasteiger partial charge in [0.25, 0.3) is 0 Å². The van der Waals surface area contributed by atoms with Crippen LogP contribution in [0.4, 0.5) is 10.1 Å². The van der Waals surface area contributed by atoms with Crippen molar-refractivity contribution in [3.8, 4) is 5.88 Å². The van der Waals surface area contributed by atoms with Gasteiger partial charge in [-0.3, -0.25) is 14.8 Å². The quantitative estimate of drug-likeness (QED) is 0.228. The molecule has 1 saturated heterocycles. The molecule has 3 aromatic rings. The summed E-state index contributed by atoms with van der Waals surface area (Å²) >= 11 is 11.9. The highest BCUT2D eigenvalue weighted by molar-refractivity contribution is 6.34. The van der Waals surface area contributed by atoms with Gasteiger partial charge >= 0.3 is 11.6 Å². The predicted octanol–water partition coefficient (Wildman–Crippen LogP) is 3.01. The lowest BCUT2D eigenvalue weighted by Crippen LogP contribution is -2.31. The molecule has 30 heavy (non-hydrogen) atoms. The first kappa shape index (κ1) is 20.7. The Morgan fingerprint density at radius 1 is 1.40 bits per heavy atom. The number of hydrogen-bond donors (Lipinski definition) is 0. The van der Waals surface area contributed by atoms with E-state index in [1.54, 1.807) is 4.68 Å². The van der Waals surface area contributed by atoms with Crippen LogP contribution in [-0.4, -0.2) is 60.4 Å². The SMILES string of the molecule is O=[N+]([O-])c1cn(C2CCOC[C@@H]2F)nc1OCCCn1nc(Cl)c2cnc(Cl)nc21. The maximum Gasteiger partial charge on any atom is 0.350 e. The molecule has 0 radical (unpaired) electrons. The standard InChI is InChI=1S/C16H16Cl2FN7O4/c17-13-9-6-20-16(18)21-14(9)24(22-13)3-1-4-30-15-12(26(27)28)7-25(23-15)11-2-5-29-8-10(11)19/h6-7,10-11H,1-5,8H2/t10-,11?/m0/s1. The number of halogens is 3. The van der Waals surface area contributed by atoms with Gasteiger partial charge in [0.05, 0.1) is 29.6 Å². The molecule has 1 aliphatic rings. The molecule has 0 aliphatic carbocycles. The van der Waals surface area contributed by atoms with Gasteiger partial charge in [0.1, 0.15) is 12.4 Å². The highest BCUT2D eigenvalue weighted by Gasteiger charge is 2.31. The van der Waals surface area contributed by atoms with Gasteiger partial charge in [-0.25, -0.2) is 14.1 Å². The van der Waals surface area contributed by atoms with Gasteiger partial charge in [-0.15, -0.1) is 5.10 Å². The van der Waals surface area contributed by atoms with Crippen molar-refractivity contribution in [3.63, 3.8) is 0 Å². The number of alkyl halides is 1. The molecule has 0 N–H and O–H groups in total. The summed E-state index contributed by atoms with van der Waals surface area (Å²) in [6.07, 6.45) is 2.19. The van der Waals surface area contributed by atoms with Crippen LogP contribution in [0.5, 0.6) is 5.88 Å². The third-order valence-electron chi connectivity index (χ3n) is 4.64. The molecule has 11 nitrogen and oxygen atoms in total. The Morgan fingerprint density at radius 3 is 3.00 bits per heavy atom. The molecule has 0 amide bonds. The topological polar surface area (TPSA) is 123 Å². The van der Waals surface area contributed by atoms with Crippen LogP contribution < -0.4 is 4.74 Å². The lowest BCUT2D eigenvalue weighted by molar-refractivity contribution is -0.386. The van der Waals surface area contributed by atoms with Crippen molar-refractivity contribution in [2.45, 2.75) is 31.6 Å². The van der Waals surface area contributed by atoms with E-state index in [9.17, 15) is 14.5 Å². The normalized spacial score (nSPS) is 19.3. The second kappa shape index (κ2) is 8.66. The lowest BCUT2D eigenvalue weighted by Gasteiger charge is -2.25. The largest absolute Gasteiger partial charge is 0.472 e. The Morgan fingerprint density at radius 2 is 2.23 bits per heavy atom. The van der Waals surface area contributed by atoms with Gasteiger partial charge in [-0.2, -0.15) is 10.1 Å². The van der Waals surface area contributed by atoms with Crippen LogP contribution in [0.15, 0.2) is 12.4 Å². The molecule has 0 bridgehead atoms. The molecule has 1 fully saturated rings. The maximum atomic E-state index is 14.1. The summed E-state index contributed by atoms with van der Waals surface area (Å²) in [6.45, 7) is 0.783. The molecular formula is C16H16Cl2FN7O4. The number of aromatic nitrogens is 6. The van der Waals surface area contributed by atoms with E-state index >= 15 is 0 Å². The lowest BCUT2D eigenvalue weighted by atomic mass is 10.1. The fourth-order valence-corrected chi connectivity index (χ4v) is 3.55. The minimum absolute atomic E-state index is 0.0667. The minimum Gasteiger partial charge on any atom is -0.472 e. The van der Waals surface area contributed by atoms with Gasteiger partial charge in [-0.1, -0.05) is 11.6 Å². The van der Waals surface area contributed by atoms with Gasteiger partial charge in [0, 0.05) is 25.8 Å². The number of nitrogens with zero attached hydrogens (tertiary/aromatic N) is 7. The summed E-state index contributed by atoms with van der Waals surface area (Å²) in [5, 5.41) is 20.5. The average Bonchev–Trinajstić information content (AvgIpc) is 3.27. The van der Waals surface area contributed by atoms with Crippen molar-refractivity contribution in [2.75, 3.05) is 19.8 Å². The first-order chi connectivity index (χ1) is 14.4. The molecule has 0 aromatic carbocycles. The van der Waals surface area contributed by atoms with Crippen LogP contribution in [0, 0.1) is 10.1 Å². The van der Waals surface area contributed by atoms with Crippen molar-refractivity contribution in [3.05, 3.63) is 32.9 Å². The van der Waals surface area contributed by atoms with Crippen LogP contribution in [0.1, 0.15) is 18.9 Å². The third-order valence-corrected chi connectivity index (χ3v) is 5.10. The number of fused-ring (bicyclic) bond motifs is 1. The molecule has 1 unspecified atom stereocenters. The average molecular weight is 460 g/mol. The predicted molar refractivity (Wildman–Crippen MR) is 104 cm³/mol. The number of nitro groups is 1. The summed E-state index contributed by atoms with van der Waals surface area (Å²) in [5.74, 6) is -0.160. The van der Waals surface area contributed by atoms with Gasteiger partial charge in [0.2, 0.25) is 5.28 Å². The Labute approximate surface area is 178 Å². The monoisotopic (exact) mass is 459 g/mol. The van der Waals surface area contributed by atoms with Crippen LogP contribution in [-0.2, 0) is 11.3 Å². The highest BCUT2D eigenvalue weighted by Crippen LogP contribution is 2.31. The molecule has 0 spiro atoms. The first-order valence-corrected chi connectivity index (χ1v) is 9.82. The summed E-state index contributed by atoms with van der Waals surface area (Å²) < 4.78 is 27.5. The molecule has 0 saturated carbocycles. The van der Waals surface area contributed by atoms with Gasteiger partial charge in [0.15, 0.2) is 10.8 Å². The van der Waals surface area contributed by atoms with Crippen LogP contribution in [0.25, 0.3) is 11.0 Å². The van der Waals surface area contributed by atoms with Crippen molar-refractivity contribution in [1.29, 1.82) is 0 Å². The Hall–Kier alpha value is -2.57. The first-order valence-electron chi connectivity index (χ1n) is 9.06. The third kappa shape index (κ3) is 4.16. The Balaban J connectivity index is 1.43. The van der Waals surface area contributed by atoms with E-state index in [1.807, 2.05) is 0 Å². The molecule has 1 aliphatic heterocycles. The molecule has 3 aromatic heterocycles. The summed E-state index contributed by atoms with van der Waals surface area (Å²) in [5.41, 5.74) is 0.157. The van der Waals surface area contributed by atoms with Crippen molar-refractivity contribution < 1.29 is 18.8 Å². The van der Waals surface area contributed by atoms with Crippen LogP contribution in [0.2, 0.25) is 10.4 Å².